The van der Waals surface area contributed by atoms with Gasteiger partial charge in [0.25, 0.3) is 5.91 Å². The zero-order valence-corrected chi connectivity index (χ0v) is 10.9. The number of hydrogen-bond donors (Lipinski definition) is 2. The number of fused-ring (bicyclic) bond motifs is 1. The predicted octanol–water partition coefficient (Wildman–Crippen LogP) is 2.60. The molecule has 5 nitrogen and oxygen atoms in total. The molecule has 0 saturated heterocycles. The number of amides is 1. The lowest BCUT2D eigenvalue weighted by molar-refractivity contribution is 0.102. The first-order valence-electron chi connectivity index (χ1n) is 6.19. The molecule has 2 N–H and O–H groups in total. The number of phenolic OH excluding ortho intramolecular Hbond substituents is 1. The van der Waals surface area contributed by atoms with E-state index >= 15 is 0 Å². The molecule has 2 aromatic heterocycles. The molecule has 5 heteroatoms. The fraction of sp³-hybridized carbons (Fsp3) is 0.0667. The zero-order chi connectivity index (χ0) is 14.1. The molecule has 3 rings (SSSR count). The molecule has 1 aromatic carbocycles. The summed E-state index contributed by atoms with van der Waals surface area (Å²) in [6.07, 6.45) is 1.81. The van der Waals surface area contributed by atoms with Crippen molar-refractivity contribution in [1.29, 1.82) is 0 Å². The maximum absolute atomic E-state index is 12.4. The van der Waals surface area contributed by atoms with E-state index in [0.29, 0.717) is 17.1 Å². The maximum atomic E-state index is 12.4. The summed E-state index contributed by atoms with van der Waals surface area (Å²) in [6.45, 7) is 1.80. The first-order valence-corrected chi connectivity index (χ1v) is 6.19. The van der Waals surface area contributed by atoms with Gasteiger partial charge in [0.1, 0.15) is 17.1 Å². The molecule has 100 valence electrons. The van der Waals surface area contributed by atoms with Gasteiger partial charge in [0.15, 0.2) is 0 Å². The molecule has 20 heavy (non-hydrogen) atoms. The Kier molecular flexibility index (Phi) is 2.87. The van der Waals surface area contributed by atoms with Crippen LogP contribution in [0.1, 0.15) is 16.2 Å². The van der Waals surface area contributed by atoms with Crippen LogP contribution in [0, 0.1) is 6.92 Å². The highest BCUT2D eigenvalue weighted by atomic mass is 16.3. The standard InChI is InChI=1S/C15H13N3O2/c1-10-14(18-9-3-2-4-13(18)16-10)15(20)17-11-5-7-12(19)8-6-11/h2-9,19H,1H3,(H,17,20). The van der Waals surface area contributed by atoms with Gasteiger partial charge < -0.3 is 10.4 Å². The average Bonchev–Trinajstić information content (AvgIpc) is 2.77. The highest BCUT2D eigenvalue weighted by molar-refractivity contribution is 6.04. The Balaban J connectivity index is 1.96. The first-order chi connectivity index (χ1) is 9.65. The zero-order valence-electron chi connectivity index (χ0n) is 10.9. The molecule has 0 aliphatic rings. The minimum atomic E-state index is -0.230. The van der Waals surface area contributed by atoms with Gasteiger partial charge in [-0.2, -0.15) is 0 Å². The summed E-state index contributed by atoms with van der Waals surface area (Å²) in [7, 11) is 0. The van der Waals surface area contributed by atoms with E-state index in [9.17, 15) is 9.90 Å². The molecular weight excluding hydrogens is 254 g/mol. The fourth-order valence-corrected chi connectivity index (χ4v) is 2.12. The van der Waals surface area contributed by atoms with Gasteiger partial charge in [-0.3, -0.25) is 9.20 Å². The Morgan fingerprint density at radius 1 is 1.20 bits per heavy atom. The second kappa shape index (κ2) is 4.70. The molecule has 0 aliphatic carbocycles. The number of benzene rings is 1. The van der Waals surface area contributed by atoms with Crippen molar-refractivity contribution in [1.82, 2.24) is 9.38 Å². The SMILES string of the molecule is Cc1nc2ccccn2c1C(=O)Nc1ccc(O)cc1. The molecule has 0 radical (unpaired) electrons. The number of anilines is 1. The minimum Gasteiger partial charge on any atom is -0.508 e. The Hall–Kier alpha value is -2.82. The fourth-order valence-electron chi connectivity index (χ4n) is 2.12. The van der Waals surface area contributed by atoms with Crippen LogP contribution >= 0.6 is 0 Å². The van der Waals surface area contributed by atoms with Gasteiger partial charge in [-0.15, -0.1) is 0 Å². The summed E-state index contributed by atoms with van der Waals surface area (Å²) in [4.78, 5) is 16.7. The van der Waals surface area contributed by atoms with E-state index in [4.69, 9.17) is 0 Å². The van der Waals surface area contributed by atoms with Crippen molar-refractivity contribution in [3.05, 3.63) is 60.0 Å². The van der Waals surface area contributed by atoms with Crippen molar-refractivity contribution in [2.24, 2.45) is 0 Å². The monoisotopic (exact) mass is 267 g/mol. The molecule has 0 spiro atoms. The van der Waals surface area contributed by atoms with Crippen LogP contribution in [0.25, 0.3) is 5.65 Å². The number of aromatic hydroxyl groups is 1. The number of imidazole rings is 1. The van der Waals surface area contributed by atoms with Crippen LogP contribution < -0.4 is 5.32 Å². The highest BCUT2D eigenvalue weighted by Gasteiger charge is 2.16. The third-order valence-electron chi connectivity index (χ3n) is 3.04. The normalized spacial score (nSPS) is 10.7. The van der Waals surface area contributed by atoms with Crippen LogP contribution in [-0.2, 0) is 0 Å². The summed E-state index contributed by atoms with van der Waals surface area (Å²) in [5, 5.41) is 12.0. The lowest BCUT2D eigenvalue weighted by atomic mass is 10.2. The molecule has 0 aliphatic heterocycles. The average molecular weight is 267 g/mol. The number of aromatic nitrogens is 2. The summed E-state index contributed by atoms with van der Waals surface area (Å²) >= 11 is 0. The van der Waals surface area contributed by atoms with Crippen LogP contribution in [-0.4, -0.2) is 20.4 Å². The lowest BCUT2D eigenvalue weighted by Gasteiger charge is -2.06. The summed E-state index contributed by atoms with van der Waals surface area (Å²) in [5.41, 5.74) is 2.54. The van der Waals surface area contributed by atoms with E-state index in [0.717, 1.165) is 5.65 Å². The molecule has 2 heterocycles. The number of nitrogens with zero attached hydrogens (tertiary/aromatic N) is 2. The summed E-state index contributed by atoms with van der Waals surface area (Å²) < 4.78 is 1.76. The molecule has 1 amide bonds. The van der Waals surface area contributed by atoms with E-state index in [2.05, 4.69) is 10.3 Å². The number of nitrogens with one attached hydrogen (secondary N) is 1. The molecule has 3 aromatic rings. The van der Waals surface area contributed by atoms with E-state index in [-0.39, 0.29) is 11.7 Å². The van der Waals surface area contributed by atoms with Crippen molar-refractivity contribution in [2.75, 3.05) is 5.32 Å². The molecular formula is C15H13N3O2. The van der Waals surface area contributed by atoms with Crippen molar-refractivity contribution >= 4 is 17.2 Å². The Bertz CT molecular complexity index is 775. The number of hydrogen-bond acceptors (Lipinski definition) is 3. The van der Waals surface area contributed by atoms with Crippen molar-refractivity contribution in [3.63, 3.8) is 0 Å². The number of carbonyl (C=O) groups excluding carboxylic acids is 1. The van der Waals surface area contributed by atoms with Gasteiger partial charge in [-0.05, 0) is 43.3 Å². The largest absolute Gasteiger partial charge is 0.508 e. The summed E-state index contributed by atoms with van der Waals surface area (Å²) in [5.74, 6) is -0.0686. The smallest absolute Gasteiger partial charge is 0.274 e. The Labute approximate surface area is 115 Å². The van der Waals surface area contributed by atoms with Crippen LogP contribution in [0.3, 0.4) is 0 Å². The number of phenols is 1. The number of pyridine rings is 1. The Morgan fingerprint density at radius 2 is 1.95 bits per heavy atom. The minimum absolute atomic E-state index is 0.161. The second-order valence-electron chi connectivity index (χ2n) is 4.48. The maximum Gasteiger partial charge on any atom is 0.274 e. The Morgan fingerprint density at radius 3 is 2.70 bits per heavy atom. The highest BCUT2D eigenvalue weighted by Crippen LogP contribution is 2.17. The molecule has 0 saturated carbocycles. The van der Waals surface area contributed by atoms with Gasteiger partial charge >= 0.3 is 0 Å². The lowest BCUT2D eigenvalue weighted by Crippen LogP contribution is -2.15. The van der Waals surface area contributed by atoms with E-state index in [1.54, 1.807) is 29.7 Å². The second-order valence-corrected chi connectivity index (χ2v) is 4.48. The summed E-state index contributed by atoms with van der Waals surface area (Å²) in [6, 6.07) is 11.9. The number of rotatable bonds is 2. The van der Waals surface area contributed by atoms with Gasteiger partial charge in [-0.25, -0.2) is 4.98 Å². The third-order valence-corrected chi connectivity index (χ3v) is 3.04. The van der Waals surface area contributed by atoms with Crippen molar-refractivity contribution in [2.45, 2.75) is 6.92 Å². The van der Waals surface area contributed by atoms with Crippen LogP contribution in [0.5, 0.6) is 5.75 Å². The number of aryl methyl sites for hydroxylation is 1. The quantitative estimate of drug-likeness (QED) is 0.701. The van der Waals surface area contributed by atoms with Gasteiger partial charge in [0.05, 0.1) is 5.69 Å². The third kappa shape index (κ3) is 2.09. The molecule has 0 atom stereocenters. The predicted molar refractivity (Wildman–Crippen MR) is 76.0 cm³/mol. The van der Waals surface area contributed by atoms with Crippen molar-refractivity contribution in [3.8, 4) is 5.75 Å². The van der Waals surface area contributed by atoms with E-state index in [1.165, 1.54) is 12.1 Å². The van der Waals surface area contributed by atoms with Crippen LogP contribution in [0.4, 0.5) is 5.69 Å². The van der Waals surface area contributed by atoms with Crippen molar-refractivity contribution < 1.29 is 9.90 Å². The molecule has 0 fully saturated rings. The van der Waals surface area contributed by atoms with Crippen LogP contribution in [0.2, 0.25) is 0 Å². The first kappa shape index (κ1) is 12.2. The number of carbonyl (C=O) groups is 1. The van der Waals surface area contributed by atoms with Gasteiger partial charge in [-0.1, -0.05) is 6.07 Å². The van der Waals surface area contributed by atoms with Crippen LogP contribution in [0.15, 0.2) is 48.7 Å². The molecule has 0 bridgehead atoms. The molecule has 0 unspecified atom stereocenters. The van der Waals surface area contributed by atoms with E-state index < -0.39 is 0 Å². The topological polar surface area (TPSA) is 66.6 Å². The van der Waals surface area contributed by atoms with Gasteiger partial charge in [0, 0.05) is 11.9 Å². The van der Waals surface area contributed by atoms with Gasteiger partial charge in [0.2, 0.25) is 0 Å². The van der Waals surface area contributed by atoms with E-state index in [1.807, 2.05) is 18.2 Å².